The number of rotatable bonds is 6. The van der Waals surface area contributed by atoms with Crippen molar-refractivity contribution >= 4 is 15.9 Å². The van der Waals surface area contributed by atoms with Crippen LogP contribution in [0.15, 0.2) is 0 Å². The Morgan fingerprint density at radius 3 is 2.56 bits per heavy atom. The zero-order chi connectivity index (χ0) is 11.5. The van der Waals surface area contributed by atoms with Crippen LogP contribution in [0.3, 0.4) is 0 Å². The van der Waals surface area contributed by atoms with Gasteiger partial charge < -0.3 is 4.90 Å². The van der Waals surface area contributed by atoms with Gasteiger partial charge in [-0.15, -0.1) is 0 Å². The molecule has 2 heteroatoms. The summed E-state index contributed by atoms with van der Waals surface area (Å²) >= 11 is 3.55. The highest BCUT2D eigenvalue weighted by Crippen LogP contribution is 2.48. The van der Waals surface area contributed by atoms with Crippen LogP contribution >= 0.6 is 15.9 Å². The van der Waals surface area contributed by atoms with Crippen LogP contribution in [-0.2, 0) is 0 Å². The first-order chi connectivity index (χ1) is 7.70. The van der Waals surface area contributed by atoms with E-state index >= 15 is 0 Å². The van der Waals surface area contributed by atoms with E-state index in [0.29, 0.717) is 0 Å². The Bertz CT molecular complexity index is 217. The molecule has 0 aromatic rings. The average molecular weight is 288 g/mol. The third-order valence-electron chi connectivity index (χ3n) is 4.66. The van der Waals surface area contributed by atoms with Crippen LogP contribution in [0.2, 0.25) is 0 Å². The normalized spacial score (nSPS) is 33.2. The molecular weight excluding hydrogens is 262 g/mol. The Morgan fingerprint density at radius 1 is 1.25 bits per heavy atom. The van der Waals surface area contributed by atoms with Gasteiger partial charge in [0.2, 0.25) is 0 Å². The maximum absolute atomic E-state index is 3.55. The minimum atomic E-state index is 0.721. The van der Waals surface area contributed by atoms with E-state index < -0.39 is 0 Å². The molecule has 0 spiro atoms. The summed E-state index contributed by atoms with van der Waals surface area (Å²) in [6, 6.07) is 0.721. The fourth-order valence-corrected chi connectivity index (χ4v) is 3.98. The molecule has 0 amide bonds. The fraction of sp³-hybridized carbons (Fsp3) is 1.00. The summed E-state index contributed by atoms with van der Waals surface area (Å²) in [6.45, 7) is 7.34. The molecule has 3 atom stereocenters. The first-order valence-corrected chi connectivity index (χ1v) is 8.13. The molecule has 0 aromatic carbocycles. The Hall–Kier alpha value is 0.440. The zero-order valence-corrected chi connectivity index (χ0v) is 12.4. The van der Waals surface area contributed by atoms with Crippen molar-refractivity contribution in [1.82, 2.24) is 4.90 Å². The number of hydrogen-bond acceptors (Lipinski definition) is 1. The highest BCUT2D eigenvalue weighted by molar-refractivity contribution is 9.09. The van der Waals surface area contributed by atoms with E-state index in [9.17, 15) is 0 Å². The van der Waals surface area contributed by atoms with Gasteiger partial charge in [-0.05, 0) is 63.8 Å². The summed E-state index contributed by atoms with van der Waals surface area (Å²) in [5.41, 5.74) is 0. The molecular formula is C14H26BrN. The predicted octanol–water partition coefficient (Wildman–Crippen LogP) is 3.92. The van der Waals surface area contributed by atoms with Crippen LogP contribution in [0.4, 0.5) is 0 Å². The second kappa shape index (κ2) is 5.86. The molecule has 2 bridgehead atoms. The maximum Gasteiger partial charge on any atom is 0.00434 e. The molecule has 1 nitrogen and oxygen atoms in total. The van der Waals surface area contributed by atoms with Gasteiger partial charge in [0.15, 0.2) is 0 Å². The van der Waals surface area contributed by atoms with Crippen molar-refractivity contribution in [3.63, 3.8) is 0 Å². The average Bonchev–Trinajstić information content (AvgIpc) is 2.85. The lowest BCUT2D eigenvalue weighted by Gasteiger charge is -2.32. The van der Waals surface area contributed by atoms with E-state index in [4.69, 9.17) is 0 Å². The van der Waals surface area contributed by atoms with E-state index in [1.54, 1.807) is 6.42 Å². The maximum atomic E-state index is 3.55. The first kappa shape index (κ1) is 12.9. The minimum Gasteiger partial charge on any atom is -0.301 e. The molecule has 16 heavy (non-hydrogen) atoms. The van der Waals surface area contributed by atoms with Gasteiger partial charge in [-0.2, -0.15) is 0 Å². The third-order valence-corrected chi connectivity index (χ3v) is 5.22. The van der Waals surface area contributed by atoms with Gasteiger partial charge in [0.25, 0.3) is 0 Å². The lowest BCUT2D eigenvalue weighted by molar-refractivity contribution is 0.158. The molecule has 2 rings (SSSR count). The molecule has 0 aromatic heterocycles. The van der Waals surface area contributed by atoms with Crippen molar-refractivity contribution < 1.29 is 0 Å². The standard InChI is InChI=1S/C14H26BrN/c1-11(2)16(7-3-6-15)10-14-9-12-4-5-13(14)8-12/h11-14H,3-10H2,1-2H3. The molecule has 94 valence electrons. The SMILES string of the molecule is CC(C)N(CCCBr)CC1CC2CCC1C2. The van der Waals surface area contributed by atoms with E-state index in [1.807, 2.05) is 0 Å². The topological polar surface area (TPSA) is 3.24 Å². The molecule has 2 fully saturated rings. The highest BCUT2D eigenvalue weighted by Gasteiger charge is 2.39. The van der Waals surface area contributed by atoms with Gasteiger partial charge in [-0.3, -0.25) is 0 Å². The lowest BCUT2D eigenvalue weighted by atomic mass is 9.88. The van der Waals surface area contributed by atoms with Crippen LogP contribution in [0, 0.1) is 17.8 Å². The van der Waals surface area contributed by atoms with Gasteiger partial charge in [-0.25, -0.2) is 0 Å². The largest absolute Gasteiger partial charge is 0.301 e. The number of halogens is 1. The van der Waals surface area contributed by atoms with E-state index in [-0.39, 0.29) is 0 Å². The van der Waals surface area contributed by atoms with Crippen molar-refractivity contribution in [3.05, 3.63) is 0 Å². The van der Waals surface area contributed by atoms with E-state index in [0.717, 1.165) is 29.1 Å². The lowest BCUT2D eigenvalue weighted by Crippen LogP contribution is -2.37. The van der Waals surface area contributed by atoms with Crippen molar-refractivity contribution in [2.45, 2.75) is 52.0 Å². The van der Waals surface area contributed by atoms with E-state index in [2.05, 4.69) is 34.7 Å². The monoisotopic (exact) mass is 287 g/mol. The van der Waals surface area contributed by atoms with Crippen LogP contribution in [0.1, 0.15) is 46.0 Å². The summed E-state index contributed by atoms with van der Waals surface area (Å²) in [5.74, 6) is 3.20. The molecule has 0 N–H and O–H groups in total. The number of alkyl halides is 1. The van der Waals surface area contributed by atoms with Gasteiger partial charge in [0.05, 0.1) is 0 Å². The summed E-state index contributed by atoms with van der Waals surface area (Å²) in [5, 5.41) is 1.15. The predicted molar refractivity (Wildman–Crippen MR) is 74.1 cm³/mol. The molecule has 2 saturated carbocycles. The Balaban J connectivity index is 1.81. The number of fused-ring (bicyclic) bond motifs is 2. The highest BCUT2D eigenvalue weighted by atomic mass is 79.9. The number of hydrogen-bond donors (Lipinski definition) is 0. The molecule has 0 aliphatic heterocycles. The van der Waals surface area contributed by atoms with Crippen LogP contribution in [0.25, 0.3) is 0 Å². The molecule has 0 radical (unpaired) electrons. The summed E-state index contributed by atoms with van der Waals surface area (Å²) in [4.78, 5) is 2.70. The quantitative estimate of drug-likeness (QED) is 0.670. The van der Waals surface area contributed by atoms with Crippen molar-refractivity contribution in [1.29, 1.82) is 0 Å². The molecule has 0 heterocycles. The van der Waals surface area contributed by atoms with Crippen molar-refractivity contribution in [2.75, 3.05) is 18.4 Å². The van der Waals surface area contributed by atoms with Crippen molar-refractivity contribution in [3.8, 4) is 0 Å². The smallest absolute Gasteiger partial charge is 0.00434 e. The van der Waals surface area contributed by atoms with Gasteiger partial charge in [0, 0.05) is 17.9 Å². The Labute approximate surface area is 109 Å². The molecule has 2 aliphatic rings. The first-order valence-electron chi connectivity index (χ1n) is 7.00. The molecule has 0 saturated heterocycles. The zero-order valence-electron chi connectivity index (χ0n) is 10.8. The van der Waals surface area contributed by atoms with Gasteiger partial charge in [0.1, 0.15) is 0 Å². The fourth-order valence-electron chi connectivity index (χ4n) is 3.72. The summed E-state index contributed by atoms with van der Waals surface area (Å²) < 4.78 is 0. The van der Waals surface area contributed by atoms with Crippen LogP contribution in [0.5, 0.6) is 0 Å². The van der Waals surface area contributed by atoms with Crippen LogP contribution < -0.4 is 0 Å². The third kappa shape index (κ3) is 3.01. The second-order valence-corrected chi connectivity index (χ2v) is 6.86. The van der Waals surface area contributed by atoms with Gasteiger partial charge >= 0.3 is 0 Å². The van der Waals surface area contributed by atoms with Gasteiger partial charge in [-0.1, -0.05) is 22.4 Å². The molecule has 2 aliphatic carbocycles. The molecule has 3 unspecified atom stereocenters. The van der Waals surface area contributed by atoms with E-state index in [1.165, 1.54) is 38.8 Å². The van der Waals surface area contributed by atoms with Crippen molar-refractivity contribution in [2.24, 2.45) is 17.8 Å². The number of nitrogens with zero attached hydrogens (tertiary/aromatic N) is 1. The Morgan fingerprint density at radius 2 is 2.06 bits per heavy atom. The Kier molecular flexibility index (Phi) is 4.72. The second-order valence-electron chi connectivity index (χ2n) is 6.07. The summed E-state index contributed by atoms with van der Waals surface area (Å²) in [7, 11) is 0. The minimum absolute atomic E-state index is 0.721. The summed E-state index contributed by atoms with van der Waals surface area (Å²) in [6.07, 6.45) is 7.43. The van der Waals surface area contributed by atoms with Crippen LogP contribution in [-0.4, -0.2) is 29.4 Å².